The summed E-state index contributed by atoms with van der Waals surface area (Å²) in [6.45, 7) is 4.30. The molecule has 0 saturated carbocycles. The van der Waals surface area contributed by atoms with Crippen molar-refractivity contribution < 1.29 is 11.0 Å². The second-order valence-electron chi connectivity index (χ2n) is 7.07. The van der Waals surface area contributed by atoms with Gasteiger partial charge in [-0.3, -0.25) is 9.78 Å². The molecule has 1 saturated heterocycles. The fourth-order valence-corrected chi connectivity index (χ4v) is 3.61. The zero-order valence-electron chi connectivity index (χ0n) is 16.6. The van der Waals surface area contributed by atoms with Gasteiger partial charge in [0, 0.05) is 44.6 Å². The Morgan fingerprint density at radius 1 is 1.17 bits per heavy atom. The third kappa shape index (κ3) is 4.12. The van der Waals surface area contributed by atoms with Crippen molar-refractivity contribution in [3.63, 3.8) is 0 Å². The molecular formula is C23H26N4O2. The lowest BCUT2D eigenvalue weighted by molar-refractivity contribution is 0.103. The minimum Gasteiger partial charge on any atom is -0.497 e. The number of anilines is 1. The Labute approximate surface area is 172 Å². The van der Waals surface area contributed by atoms with Gasteiger partial charge in [0.05, 0.1) is 7.11 Å². The van der Waals surface area contributed by atoms with E-state index in [2.05, 4.69) is 32.3 Å². The number of pyridine rings is 2. The molecule has 4 rings (SSSR count). The number of hydrogen-bond acceptors (Lipinski definition) is 6. The average Bonchev–Trinajstić information content (AvgIpc) is 2.79. The van der Waals surface area contributed by atoms with Crippen molar-refractivity contribution in [2.45, 2.75) is 13.0 Å². The normalized spacial score (nSPS) is 16.5. The zero-order chi connectivity index (χ0) is 20.2. The zero-order valence-corrected chi connectivity index (χ0v) is 16.6. The molecule has 3 heterocycles. The number of carbonyl (C=O) groups excluding carboxylic acids is 1. The van der Waals surface area contributed by atoms with E-state index in [0.29, 0.717) is 17.0 Å². The van der Waals surface area contributed by atoms with Crippen molar-refractivity contribution >= 4 is 11.6 Å². The third-order valence-corrected chi connectivity index (χ3v) is 5.24. The Hall–Kier alpha value is -3.25. The lowest BCUT2D eigenvalue weighted by Gasteiger charge is -2.35. The first-order valence-electron chi connectivity index (χ1n) is 9.71. The van der Waals surface area contributed by atoms with Gasteiger partial charge in [0.15, 0.2) is 0 Å². The van der Waals surface area contributed by atoms with Gasteiger partial charge in [0.1, 0.15) is 17.3 Å². The molecule has 0 amide bonds. The summed E-state index contributed by atoms with van der Waals surface area (Å²) in [7, 11) is 1.67. The molecule has 0 spiro atoms. The molecule has 1 atom stereocenters. The van der Waals surface area contributed by atoms with Crippen molar-refractivity contribution in [3.05, 3.63) is 83.3 Å². The number of ether oxygens (including phenoxy) is 1. The maximum atomic E-state index is 12.9. The number of nitrogens with one attached hydrogen (secondary N) is 1. The van der Waals surface area contributed by atoms with Crippen LogP contribution in [0.15, 0.2) is 60.8 Å². The largest absolute Gasteiger partial charge is 0.497 e. The van der Waals surface area contributed by atoms with Crippen LogP contribution < -0.4 is 15.0 Å². The maximum Gasteiger partial charge on any atom is 0.213 e. The van der Waals surface area contributed by atoms with E-state index >= 15 is 0 Å². The van der Waals surface area contributed by atoms with Gasteiger partial charge in [-0.2, -0.15) is 0 Å². The van der Waals surface area contributed by atoms with Crippen LogP contribution in [-0.4, -0.2) is 42.5 Å². The average molecular weight is 390 g/mol. The topological polar surface area (TPSA) is 67.3 Å². The lowest BCUT2D eigenvalue weighted by atomic mass is 10.0. The number of methoxy groups -OCH3 is 1. The van der Waals surface area contributed by atoms with Crippen LogP contribution in [0.5, 0.6) is 5.75 Å². The molecule has 2 aromatic heterocycles. The highest BCUT2D eigenvalue weighted by Crippen LogP contribution is 2.24. The van der Waals surface area contributed by atoms with Crippen molar-refractivity contribution in [2.24, 2.45) is 0 Å². The molecule has 1 aliphatic heterocycles. The summed E-state index contributed by atoms with van der Waals surface area (Å²) < 4.78 is 5.25. The first kappa shape index (κ1) is 19.1. The van der Waals surface area contributed by atoms with Gasteiger partial charge in [0.2, 0.25) is 5.78 Å². The van der Waals surface area contributed by atoms with Crippen molar-refractivity contribution in [1.82, 2.24) is 15.3 Å². The van der Waals surface area contributed by atoms with Crippen molar-refractivity contribution in [1.29, 1.82) is 0 Å². The molecule has 6 nitrogen and oxygen atoms in total. The lowest BCUT2D eigenvalue weighted by Crippen LogP contribution is -2.46. The van der Waals surface area contributed by atoms with Crippen molar-refractivity contribution in [2.75, 3.05) is 31.6 Å². The number of benzene rings is 1. The number of ketones is 1. The van der Waals surface area contributed by atoms with E-state index in [4.69, 9.17) is 4.74 Å². The van der Waals surface area contributed by atoms with Crippen LogP contribution in [0, 0.1) is 6.92 Å². The SMILES string of the molecule is COc1ccc(C2CN(c3cccc(C(=O)c4cccnc4C)n3)CCN2)cc1.[HH]. The molecule has 1 N–H and O–H groups in total. The molecule has 1 unspecified atom stereocenters. The van der Waals surface area contributed by atoms with E-state index in [0.717, 1.165) is 31.2 Å². The predicted octanol–water partition coefficient (Wildman–Crippen LogP) is 3.42. The molecule has 3 aromatic rings. The Morgan fingerprint density at radius 2 is 2.00 bits per heavy atom. The van der Waals surface area contributed by atoms with Gasteiger partial charge < -0.3 is 15.0 Å². The van der Waals surface area contributed by atoms with E-state index < -0.39 is 0 Å². The highest BCUT2D eigenvalue weighted by Gasteiger charge is 2.23. The van der Waals surface area contributed by atoms with Gasteiger partial charge in [-0.25, -0.2) is 4.98 Å². The van der Waals surface area contributed by atoms with Gasteiger partial charge >= 0.3 is 0 Å². The molecular weight excluding hydrogens is 364 g/mol. The first-order chi connectivity index (χ1) is 14.2. The minimum absolute atomic E-state index is 0. The molecule has 1 aromatic carbocycles. The predicted molar refractivity (Wildman–Crippen MR) is 115 cm³/mol. The summed E-state index contributed by atoms with van der Waals surface area (Å²) in [4.78, 5) is 24.0. The van der Waals surface area contributed by atoms with E-state index in [1.165, 1.54) is 5.56 Å². The first-order valence-corrected chi connectivity index (χ1v) is 9.71. The standard InChI is InChI=1S/C23H24N4O2.H2/c1-16-19(5-4-12-24-16)23(28)20-6-3-7-22(26-20)27-14-13-25-21(15-27)17-8-10-18(29-2)11-9-17;/h3-12,21,25H,13-15H2,1-2H3;1H. The van der Waals surface area contributed by atoms with Gasteiger partial charge in [-0.05, 0) is 48.9 Å². The number of hydrogen-bond donors (Lipinski definition) is 1. The number of rotatable bonds is 5. The fourth-order valence-electron chi connectivity index (χ4n) is 3.61. The van der Waals surface area contributed by atoms with E-state index in [1.54, 1.807) is 31.5 Å². The molecule has 0 aliphatic carbocycles. The smallest absolute Gasteiger partial charge is 0.213 e. The summed E-state index contributed by atoms with van der Waals surface area (Å²) in [5, 5.41) is 3.56. The van der Waals surface area contributed by atoms with Crippen LogP contribution in [0.2, 0.25) is 0 Å². The number of nitrogens with zero attached hydrogens (tertiary/aromatic N) is 3. The Balaban J connectivity index is 0.00000256. The van der Waals surface area contributed by atoms with Crippen molar-refractivity contribution in [3.8, 4) is 5.75 Å². The molecule has 29 heavy (non-hydrogen) atoms. The highest BCUT2D eigenvalue weighted by atomic mass is 16.5. The van der Waals surface area contributed by atoms with Crippen LogP contribution in [0.4, 0.5) is 5.82 Å². The minimum atomic E-state index is -0.0979. The number of aromatic nitrogens is 2. The third-order valence-electron chi connectivity index (χ3n) is 5.24. The quantitative estimate of drug-likeness (QED) is 0.674. The van der Waals surface area contributed by atoms with Crippen LogP contribution in [0.1, 0.15) is 34.8 Å². The second-order valence-corrected chi connectivity index (χ2v) is 7.07. The van der Waals surface area contributed by atoms with Crippen LogP contribution >= 0.6 is 0 Å². The molecule has 0 bridgehead atoms. The van der Waals surface area contributed by atoms with Gasteiger partial charge in [-0.1, -0.05) is 18.2 Å². The number of aryl methyl sites for hydroxylation is 1. The molecule has 1 aliphatic rings. The summed E-state index contributed by atoms with van der Waals surface area (Å²) >= 11 is 0. The maximum absolute atomic E-state index is 12.9. The Morgan fingerprint density at radius 3 is 2.76 bits per heavy atom. The monoisotopic (exact) mass is 390 g/mol. The van der Waals surface area contributed by atoms with Crippen LogP contribution in [0.25, 0.3) is 0 Å². The summed E-state index contributed by atoms with van der Waals surface area (Å²) in [5.74, 6) is 1.57. The molecule has 150 valence electrons. The van der Waals surface area contributed by atoms with E-state index in [-0.39, 0.29) is 13.3 Å². The highest BCUT2D eigenvalue weighted by molar-refractivity contribution is 6.08. The van der Waals surface area contributed by atoms with E-state index in [9.17, 15) is 4.79 Å². The number of piperazine rings is 1. The Bertz CT molecular complexity index is 1010. The fraction of sp³-hybridized carbons (Fsp3) is 0.261. The van der Waals surface area contributed by atoms with E-state index in [1.807, 2.05) is 31.2 Å². The molecule has 6 heteroatoms. The molecule has 1 fully saturated rings. The summed E-state index contributed by atoms with van der Waals surface area (Å²) in [6, 6.07) is 17.5. The molecule has 0 radical (unpaired) electrons. The second kappa shape index (κ2) is 8.41. The Kier molecular flexibility index (Phi) is 5.53. The summed E-state index contributed by atoms with van der Waals surface area (Å²) in [5.41, 5.74) is 2.95. The van der Waals surface area contributed by atoms with Crippen LogP contribution in [-0.2, 0) is 0 Å². The van der Waals surface area contributed by atoms with Crippen LogP contribution in [0.3, 0.4) is 0 Å². The van der Waals surface area contributed by atoms with Gasteiger partial charge in [0.25, 0.3) is 0 Å². The summed E-state index contributed by atoms with van der Waals surface area (Å²) in [6.07, 6.45) is 1.69. The van der Waals surface area contributed by atoms with Gasteiger partial charge in [-0.15, -0.1) is 0 Å². The number of carbonyl (C=O) groups is 1.